The number of carbonyl (C=O) groups excluding carboxylic acids is 3. The zero-order chi connectivity index (χ0) is 37.1. The summed E-state index contributed by atoms with van der Waals surface area (Å²) in [7, 11) is 7.21. The van der Waals surface area contributed by atoms with Crippen molar-refractivity contribution in [2.45, 2.75) is 63.7 Å². The molecule has 2 aliphatic heterocycles. The lowest BCUT2D eigenvalue weighted by atomic mass is 9.91. The minimum Gasteiger partial charge on any atom is -0.393 e. The van der Waals surface area contributed by atoms with Gasteiger partial charge in [0.1, 0.15) is 12.0 Å². The maximum atomic E-state index is 12.9. The number of hydrogen-bond donors (Lipinski definition) is 5. The molecule has 2 aromatic heterocycles. The lowest BCUT2D eigenvalue weighted by Crippen LogP contribution is -2.48. The Hall–Kier alpha value is -5.44. The van der Waals surface area contributed by atoms with Gasteiger partial charge in [0, 0.05) is 77.0 Å². The molecule has 2 saturated carbocycles. The lowest BCUT2D eigenvalue weighted by Gasteiger charge is -2.43. The number of aldehydes is 1. The molecule has 15 nitrogen and oxygen atoms in total. The Labute approximate surface area is 304 Å². The largest absolute Gasteiger partial charge is 0.393 e. The molecule has 15 heteroatoms. The Morgan fingerprint density at radius 1 is 1.04 bits per heavy atom. The van der Waals surface area contributed by atoms with Crippen LogP contribution in [0.3, 0.4) is 0 Å². The maximum Gasteiger partial charge on any atom is 0.273 e. The predicted octanol–water partition coefficient (Wildman–Crippen LogP) is 2.48. The number of amides is 2. The van der Waals surface area contributed by atoms with Gasteiger partial charge in [0.15, 0.2) is 5.69 Å². The average molecular weight is 711 g/mol. The number of aromatic nitrogens is 4. The molecule has 276 valence electrons. The van der Waals surface area contributed by atoms with Gasteiger partial charge in [-0.05, 0) is 50.3 Å². The number of carbonyl (C=O) groups is 3. The second-order valence-corrected chi connectivity index (χ2v) is 14.1. The van der Waals surface area contributed by atoms with Crippen LogP contribution in [0.5, 0.6) is 0 Å². The molecule has 2 amide bonds. The first-order valence-corrected chi connectivity index (χ1v) is 17.9. The standard InChI is InChI=1S/C33H44N12O2.C4H6O/c1-6-27-31-23(15-37-45(31)21-17-44(18-21)16-20-12-13-25(41-40-20)33(47)42(3)4)22-8-7-9-24(30(22)43(27)5)39-26(14-28(34)36-2)29(35)32(46)38-19-10-11-19;5-3-4-1-2-4/h7-9,12-15,19,21,27,36,39H,6,10-11,16-18,34-35H2,1-5H3,(H,38,46);3-4H,1-2H2/b28-14+,29-26+;. The van der Waals surface area contributed by atoms with Crippen molar-refractivity contribution in [3.05, 3.63) is 76.9 Å². The van der Waals surface area contributed by atoms with E-state index in [1.165, 1.54) is 10.6 Å². The molecule has 1 unspecified atom stereocenters. The van der Waals surface area contributed by atoms with Crippen LogP contribution in [-0.4, -0.2) is 95.2 Å². The van der Waals surface area contributed by atoms with Gasteiger partial charge < -0.3 is 42.0 Å². The minimum absolute atomic E-state index is 0.0743. The molecule has 2 aliphatic carbocycles. The van der Waals surface area contributed by atoms with E-state index in [4.69, 9.17) is 16.6 Å². The number of rotatable bonds is 12. The first kappa shape index (κ1) is 36.4. The van der Waals surface area contributed by atoms with Crippen molar-refractivity contribution >= 4 is 29.5 Å². The third-order valence-electron chi connectivity index (χ3n) is 9.82. The number of benzene rings is 1. The molecule has 1 saturated heterocycles. The van der Waals surface area contributed by atoms with Gasteiger partial charge >= 0.3 is 0 Å². The van der Waals surface area contributed by atoms with Crippen molar-refractivity contribution < 1.29 is 14.4 Å². The lowest BCUT2D eigenvalue weighted by molar-refractivity contribution is -0.117. The van der Waals surface area contributed by atoms with E-state index in [-0.39, 0.29) is 35.6 Å². The van der Waals surface area contributed by atoms with Crippen molar-refractivity contribution in [2.24, 2.45) is 17.4 Å². The van der Waals surface area contributed by atoms with Crippen LogP contribution >= 0.6 is 0 Å². The Kier molecular flexibility index (Phi) is 10.8. The molecule has 1 atom stereocenters. The molecule has 3 fully saturated rings. The molecular weight excluding hydrogens is 660 g/mol. The van der Waals surface area contributed by atoms with Crippen LogP contribution in [0.15, 0.2) is 59.8 Å². The molecule has 3 aromatic rings. The number of nitrogens with two attached hydrogens (primary N) is 2. The average Bonchev–Trinajstić information content (AvgIpc) is 4.08. The van der Waals surface area contributed by atoms with Crippen molar-refractivity contribution in [3.8, 4) is 11.1 Å². The summed E-state index contributed by atoms with van der Waals surface area (Å²) in [4.78, 5) is 40.7. The molecular formula is C37H50N12O3. The van der Waals surface area contributed by atoms with Crippen molar-refractivity contribution in [1.29, 1.82) is 0 Å². The highest BCUT2D eigenvalue weighted by molar-refractivity contribution is 5.96. The number of para-hydroxylation sites is 1. The van der Waals surface area contributed by atoms with E-state index in [9.17, 15) is 14.4 Å². The van der Waals surface area contributed by atoms with E-state index >= 15 is 0 Å². The summed E-state index contributed by atoms with van der Waals surface area (Å²) in [6.45, 7) is 4.50. The molecule has 0 radical (unpaired) electrons. The molecule has 52 heavy (non-hydrogen) atoms. The quantitative estimate of drug-likeness (QED) is 0.105. The second-order valence-electron chi connectivity index (χ2n) is 14.1. The minimum atomic E-state index is -0.318. The van der Waals surface area contributed by atoms with Crippen LogP contribution in [0, 0.1) is 5.92 Å². The fourth-order valence-electron chi connectivity index (χ4n) is 6.49. The first-order valence-electron chi connectivity index (χ1n) is 17.9. The van der Waals surface area contributed by atoms with Gasteiger partial charge in [0.2, 0.25) is 0 Å². The van der Waals surface area contributed by atoms with E-state index < -0.39 is 0 Å². The summed E-state index contributed by atoms with van der Waals surface area (Å²) in [5.41, 5.74) is 19.3. The fourth-order valence-corrected chi connectivity index (χ4v) is 6.49. The molecule has 4 heterocycles. The van der Waals surface area contributed by atoms with E-state index in [1.807, 2.05) is 24.4 Å². The van der Waals surface area contributed by atoms with Crippen LogP contribution < -0.4 is 32.3 Å². The predicted molar refractivity (Wildman–Crippen MR) is 200 cm³/mol. The van der Waals surface area contributed by atoms with E-state index in [1.54, 1.807) is 33.3 Å². The SMILES string of the molecule is CCC1c2c(cnn2C2CN(Cc3ccc(C(=O)N(C)C)nn3)C2)-c2cccc(NC(/C=C(\N)NC)=C(/N)C(=O)NC3CC3)c2N1C.O=CC1CC1. The Morgan fingerprint density at radius 3 is 2.37 bits per heavy atom. The summed E-state index contributed by atoms with van der Waals surface area (Å²) < 4.78 is 2.19. The van der Waals surface area contributed by atoms with Crippen LogP contribution in [0.2, 0.25) is 0 Å². The van der Waals surface area contributed by atoms with Crippen molar-refractivity contribution in [3.63, 3.8) is 0 Å². The first-order chi connectivity index (χ1) is 25.0. The fraction of sp³-hybridized carbons (Fsp3) is 0.459. The zero-order valence-corrected chi connectivity index (χ0v) is 30.6. The smallest absolute Gasteiger partial charge is 0.273 e. The summed E-state index contributed by atoms with van der Waals surface area (Å²) in [5, 5.41) is 22.6. The third-order valence-corrected chi connectivity index (χ3v) is 9.82. The third kappa shape index (κ3) is 7.88. The van der Waals surface area contributed by atoms with Gasteiger partial charge in [0.25, 0.3) is 11.8 Å². The normalized spacial score (nSPS) is 18.8. The number of nitrogens with one attached hydrogen (secondary N) is 3. The highest BCUT2D eigenvalue weighted by Crippen LogP contribution is 2.49. The van der Waals surface area contributed by atoms with E-state index in [0.717, 1.165) is 79.7 Å². The second kappa shape index (κ2) is 15.4. The van der Waals surface area contributed by atoms with Gasteiger partial charge in [0.05, 0.1) is 52.6 Å². The maximum absolute atomic E-state index is 12.9. The van der Waals surface area contributed by atoms with Gasteiger partial charge in [-0.1, -0.05) is 19.1 Å². The van der Waals surface area contributed by atoms with Crippen LogP contribution in [0.1, 0.15) is 73.0 Å². The number of allylic oxidation sites excluding steroid dienone is 1. The van der Waals surface area contributed by atoms with Gasteiger partial charge in [-0.3, -0.25) is 19.2 Å². The Morgan fingerprint density at radius 2 is 1.79 bits per heavy atom. The molecule has 0 spiro atoms. The molecule has 1 aromatic carbocycles. The topological polar surface area (TPSA) is 193 Å². The number of anilines is 2. The molecule has 7 rings (SSSR count). The number of likely N-dealkylation sites (tertiary alicyclic amines) is 1. The van der Waals surface area contributed by atoms with Gasteiger partial charge in [-0.2, -0.15) is 10.2 Å². The van der Waals surface area contributed by atoms with Crippen LogP contribution in [-0.2, 0) is 16.1 Å². The Bertz CT molecular complexity index is 1850. The van der Waals surface area contributed by atoms with Crippen LogP contribution in [0.25, 0.3) is 11.1 Å². The van der Waals surface area contributed by atoms with Gasteiger partial charge in [-0.25, -0.2) is 0 Å². The van der Waals surface area contributed by atoms with Crippen molar-refractivity contribution in [1.82, 2.24) is 40.4 Å². The summed E-state index contributed by atoms with van der Waals surface area (Å²) >= 11 is 0. The monoisotopic (exact) mass is 710 g/mol. The zero-order valence-electron chi connectivity index (χ0n) is 30.6. The Balaban J connectivity index is 0.000000856. The van der Waals surface area contributed by atoms with Gasteiger partial charge in [-0.15, -0.1) is 5.10 Å². The highest BCUT2D eigenvalue weighted by Gasteiger charge is 2.38. The molecule has 7 N–H and O–H groups in total. The number of nitrogens with zero attached hydrogens (tertiary/aromatic N) is 7. The molecule has 0 bridgehead atoms. The summed E-state index contributed by atoms with van der Waals surface area (Å²) in [5.74, 6) is 0.348. The summed E-state index contributed by atoms with van der Waals surface area (Å²) in [6.07, 6.45) is 9.72. The number of fused-ring (bicyclic) bond motifs is 3. The van der Waals surface area contributed by atoms with Crippen molar-refractivity contribution in [2.75, 3.05) is 51.5 Å². The van der Waals surface area contributed by atoms with E-state index in [0.29, 0.717) is 29.7 Å². The van der Waals surface area contributed by atoms with E-state index in [2.05, 4.69) is 60.7 Å². The highest BCUT2D eigenvalue weighted by atomic mass is 16.2. The van der Waals surface area contributed by atoms with Crippen LogP contribution in [0.4, 0.5) is 11.4 Å². The molecule has 4 aliphatic rings. The summed E-state index contributed by atoms with van der Waals surface area (Å²) in [6, 6.07) is 10.2. The number of hydrogen-bond acceptors (Lipinski definition) is 12.